The molecule has 3 aromatic carbocycles. The Kier molecular flexibility index (Phi) is 4.85. The predicted octanol–water partition coefficient (Wildman–Crippen LogP) is 4.68. The van der Waals surface area contributed by atoms with Gasteiger partial charge in [0.25, 0.3) is 5.56 Å². The zero-order chi connectivity index (χ0) is 20.5. The van der Waals surface area contributed by atoms with E-state index in [-0.39, 0.29) is 5.56 Å². The summed E-state index contributed by atoms with van der Waals surface area (Å²) >= 11 is 1.65. The highest BCUT2D eigenvalue weighted by molar-refractivity contribution is 7.99. The van der Waals surface area contributed by atoms with Crippen LogP contribution in [0.4, 0.5) is 0 Å². The number of rotatable bonds is 5. The molecule has 30 heavy (non-hydrogen) atoms. The van der Waals surface area contributed by atoms with Crippen molar-refractivity contribution in [1.82, 2.24) is 19.2 Å². The van der Waals surface area contributed by atoms with Crippen LogP contribution in [-0.2, 0) is 6.42 Å². The number of hydrogen-bond acceptors (Lipinski definition) is 4. The fourth-order valence-corrected chi connectivity index (χ4v) is 4.53. The van der Waals surface area contributed by atoms with Crippen molar-refractivity contribution in [3.8, 4) is 5.69 Å². The van der Waals surface area contributed by atoms with Crippen LogP contribution >= 0.6 is 11.8 Å². The maximum absolute atomic E-state index is 13.3. The normalized spacial score (nSPS) is 11.4. The summed E-state index contributed by atoms with van der Waals surface area (Å²) < 4.78 is 3.64. The molecule has 5 aromatic rings. The van der Waals surface area contributed by atoms with Crippen molar-refractivity contribution in [2.24, 2.45) is 0 Å². The van der Waals surface area contributed by atoms with E-state index >= 15 is 0 Å². The first-order valence-electron chi connectivity index (χ1n) is 9.85. The molecule has 0 N–H and O–H groups in total. The summed E-state index contributed by atoms with van der Waals surface area (Å²) in [7, 11) is 0. The molecule has 0 fully saturated rings. The largest absolute Gasteiger partial charge is 0.268 e. The number of para-hydroxylation sites is 1. The predicted molar refractivity (Wildman–Crippen MR) is 122 cm³/mol. The summed E-state index contributed by atoms with van der Waals surface area (Å²) in [5, 5.41) is 10.3. The Morgan fingerprint density at radius 1 is 0.867 bits per heavy atom. The summed E-state index contributed by atoms with van der Waals surface area (Å²) in [5.74, 6) is 1.41. The highest BCUT2D eigenvalue weighted by Gasteiger charge is 2.17. The maximum Gasteiger partial charge on any atom is 0.267 e. The first kappa shape index (κ1) is 18.6. The molecule has 0 unspecified atom stereocenters. The van der Waals surface area contributed by atoms with E-state index in [2.05, 4.69) is 34.5 Å². The van der Waals surface area contributed by atoms with E-state index < -0.39 is 0 Å². The van der Waals surface area contributed by atoms with Crippen LogP contribution in [-0.4, -0.2) is 24.9 Å². The number of aromatic nitrogens is 4. The Balaban J connectivity index is 1.63. The summed E-state index contributed by atoms with van der Waals surface area (Å²) in [4.78, 5) is 13.3. The SMILES string of the molecule is Cc1ccc(-n2c(=O)c3ccccc3n3c(SCCc4ccccc4)nnc23)cc1. The number of nitrogens with zero attached hydrogens (tertiary/aromatic N) is 4. The Morgan fingerprint density at radius 3 is 2.40 bits per heavy atom. The van der Waals surface area contributed by atoms with Crippen LogP contribution in [0.2, 0.25) is 0 Å². The molecule has 0 spiro atoms. The van der Waals surface area contributed by atoms with Gasteiger partial charge in [0.1, 0.15) is 0 Å². The number of benzene rings is 3. The van der Waals surface area contributed by atoms with Crippen molar-refractivity contribution in [3.63, 3.8) is 0 Å². The van der Waals surface area contributed by atoms with Gasteiger partial charge in [-0.2, -0.15) is 0 Å². The van der Waals surface area contributed by atoms with Crippen molar-refractivity contribution in [2.45, 2.75) is 18.5 Å². The van der Waals surface area contributed by atoms with Crippen molar-refractivity contribution in [1.29, 1.82) is 0 Å². The van der Waals surface area contributed by atoms with Gasteiger partial charge in [0.15, 0.2) is 5.16 Å². The van der Waals surface area contributed by atoms with Gasteiger partial charge < -0.3 is 0 Å². The second kappa shape index (κ2) is 7.80. The summed E-state index contributed by atoms with van der Waals surface area (Å²) in [5.41, 5.74) is 3.96. The molecule has 0 aliphatic carbocycles. The standard InChI is InChI=1S/C24H20N4OS/c1-17-11-13-19(14-12-17)27-22(29)20-9-5-6-10-21(20)28-23(27)25-26-24(28)30-16-15-18-7-3-2-4-8-18/h2-14H,15-16H2,1H3. The number of thioether (sulfide) groups is 1. The summed E-state index contributed by atoms with van der Waals surface area (Å²) in [6.45, 7) is 2.03. The Bertz CT molecular complexity index is 1390. The lowest BCUT2D eigenvalue weighted by molar-refractivity contribution is 0.929. The molecule has 2 aromatic heterocycles. The number of hydrogen-bond donors (Lipinski definition) is 0. The molecule has 0 radical (unpaired) electrons. The Labute approximate surface area is 178 Å². The third-order valence-electron chi connectivity index (χ3n) is 5.15. The molecule has 6 heteroatoms. The minimum Gasteiger partial charge on any atom is -0.268 e. The molecule has 5 nitrogen and oxygen atoms in total. The van der Waals surface area contributed by atoms with Crippen LogP contribution in [0, 0.1) is 6.92 Å². The summed E-state index contributed by atoms with van der Waals surface area (Å²) in [6.07, 6.45) is 0.940. The second-order valence-electron chi connectivity index (χ2n) is 7.20. The zero-order valence-electron chi connectivity index (χ0n) is 16.5. The third-order valence-corrected chi connectivity index (χ3v) is 6.08. The van der Waals surface area contributed by atoms with Crippen LogP contribution in [0.25, 0.3) is 22.4 Å². The molecular formula is C24H20N4OS. The quantitative estimate of drug-likeness (QED) is 0.394. The lowest BCUT2D eigenvalue weighted by Crippen LogP contribution is -2.21. The van der Waals surface area contributed by atoms with Crippen molar-refractivity contribution in [2.75, 3.05) is 5.75 Å². The van der Waals surface area contributed by atoms with Gasteiger partial charge in [-0.15, -0.1) is 10.2 Å². The molecular weight excluding hydrogens is 392 g/mol. The molecule has 0 saturated heterocycles. The van der Waals surface area contributed by atoms with E-state index in [1.807, 2.05) is 65.9 Å². The van der Waals surface area contributed by atoms with Crippen LogP contribution in [0.3, 0.4) is 0 Å². The van der Waals surface area contributed by atoms with Crippen molar-refractivity contribution >= 4 is 28.4 Å². The molecule has 148 valence electrons. The van der Waals surface area contributed by atoms with E-state index in [1.165, 1.54) is 5.56 Å². The van der Waals surface area contributed by atoms with Crippen molar-refractivity contribution in [3.05, 3.63) is 100 Å². The minimum atomic E-state index is -0.0878. The molecule has 5 rings (SSSR count). The minimum absolute atomic E-state index is 0.0878. The van der Waals surface area contributed by atoms with Gasteiger partial charge in [0.05, 0.1) is 16.6 Å². The lowest BCUT2D eigenvalue weighted by atomic mass is 10.2. The van der Waals surface area contributed by atoms with Gasteiger partial charge in [-0.1, -0.05) is 71.9 Å². The van der Waals surface area contributed by atoms with E-state index in [4.69, 9.17) is 0 Å². The van der Waals surface area contributed by atoms with E-state index in [0.29, 0.717) is 11.2 Å². The first-order chi connectivity index (χ1) is 14.7. The molecule has 0 aliphatic heterocycles. The van der Waals surface area contributed by atoms with Crippen LogP contribution < -0.4 is 5.56 Å². The summed E-state index contributed by atoms with van der Waals surface area (Å²) in [6, 6.07) is 25.9. The van der Waals surface area contributed by atoms with Crippen LogP contribution in [0.15, 0.2) is 88.8 Å². The average Bonchev–Trinajstić information content (AvgIpc) is 3.20. The van der Waals surface area contributed by atoms with Crippen LogP contribution in [0.5, 0.6) is 0 Å². The number of aryl methyl sites for hydroxylation is 2. The average molecular weight is 413 g/mol. The Hall–Kier alpha value is -3.38. The lowest BCUT2D eigenvalue weighted by Gasteiger charge is -2.11. The third kappa shape index (κ3) is 3.29. The molecule has 0 atom stereocenters. The van der Waals surface area contributed by atoms with E-state index in [0.717, 1.165) is 34.1 Å². The van der Waals surface area contributed by atoms with Gasteiger partial charge in [-0.25, -0.2) is 4.57 Å². The maximum atomic E-state index is 13.3. The molecule has 0 bridgehead atoms. The second-order valence-corrected chi connectivity index (χ2v) is 8.26. The highest BCUT2D eigenvalue weighted by Crippen LogP contribution is 2.24. The molecule has 0 saturated carbocycles. The van der Waals surface area contributed by atoms with Gasteiger partial charge in [0.2, 0.25) is 5.78 Å². The van der Waals surface area contributed by atoms with Gasteiger partial charge >= 0.3 is 0 Å². The fraction of sp³-hybridized carbons (Fsp3) is 0.125. The molecule has 2 heterocycles. The number of fused-ring (bicyclic) bond motifs is 3. The Morgan fingerprint density at radius 2 is 1.60 bits per heavy atom. The molecule has 0 amide bonds. The van der Waals surface area contributed by atoms with Gasteiger partial charge in [-0.05, 0) is 43.2 Å². The highest BCUT2D eigenvalue weighted by atomic mass is 32.2. The first-order valence-corrected chi connectivity index (χ1v) is 10.8. The fourth-order valence-electron chi connectivity index (χ4n) is 3.60. The van der Waals surface area contributed by atoms with Gasteiger partial charge in [0, 0.05) is 5.75 Å². The topological polar surface area (TPSA) is 52.2 Å². The van der Waals surface area contributed by atoms with E-state index in [1.54, 1.807) is 16.3 Å². The molecule has 0 aliphatic rings. The van der Waals surface area contributed by atoms with Gasteiger partial charge in [-0.3, -0.25) is 9.20 Å². The monoisotopic (exact) mass is 412 g/mol. The van der Waals surface area contributed by atoms with Crippen molar-refractivity contribution < 1.29 is 0 Å². The smallest absolute Gasteiger partial charge is 0.267 e. The zero-order valence-corrected chi connectivity index (χ0v) is 17.3. The van der Waals surface area contributed by atoms with Crippen LogP contribution in [0.1, 0.15) is 11.1 Å². The van der Waals surface area contributed by atoms with E-state index in [9.17, 15) is 4.79 Å².